The Hall–Kier alpha value is -1.18. The third kappa shape index (κ3) is 13.0. The Kier molecular flexibility index (Phi) is 12.6. The summed E-state index contributed by atoms with van der Waals surface area (Å²) in [6.07, 6.45) is 4.41. The lowest BCUT2D eigenvalue weighted by Gasteiger charge is -2.13. The second-order valence-electron chi connectivity index (χ2n) is 6.43. The van der Waals surface area contributed by atoms with Crippen molar-refractivity contribution in [3.63, 3.8) is 0 Å². The number of hydrogen-bond donors (Lipinski definition) is 5. The molecule has 0 spiro atoms. The highest BCUT2D eigenvalue weighted by Gasteiger charge is 2.13. The molecular weight excluding hydrogens is 296 g/mol. The van der Waals surface area contributed by atoms with Crippen molar-refractivity contribution in [1.29, 1.82) is 0 Å². The highest BCUT2D eigenvalue weighted by molar-refractivity contribution is 5.81. The Morgan fingerprint density at radius 1 is 0.957 bits per heavy atom. The van der Waals surface area contributed by atoms with Crippen molar-refractivity contribution in [1.82, 2.24) is 10.6 Å². The summed E-state index contributed by atoms with van der Waals surface area (Å²) >= 11 is 0. The van der Waals surface area contributed by atoms with E-state index < -0.39 is 18.1 Å². The number of nitrogens with two attached hydrogens (primary N) is 2. The number of hydrogen-bond acceptors (Lipinski definition) is 5. The first kappa shape index (κ1) is 21.8. The zero-order valence-electron chi connectivity index (χ0n) is 14.5. The van der Waals surface area contributed by atoms with E-state index >= 15 is 0 Å². The quantitative estimate of drug-likeness (QED) is 0.294. The first-order chi connectivity index (χ1) is 10.8. The van der Waals surface area contributed by atoms with Crippen LogP contribution in [0.4, 0.5) is 0 Å². The van der Waals surface area contributed by atoms with Crippen molar-refractivity contribution in [3.8, 4) is 0 Å². The van der Waals surface area contributed by atoms with Crippen LogP contribution >= 0.6 is 0 Å². The molecule has 0 radical (unpaired) electrons. The standard InChI is InChI=1S/C16H34N4O3/c1-12(2)11-19-9-5-3-7-13(17)15(21)20-10-6-4-8-14(18)16(22)23/h12-14,19H,3-11,17-18H2,1-2H3,(H,20,21)(H,22,23)/t13-,14-/m0/s1. The fourth-order valence-electron chi connectivity index (χ4n) is 2.09. The lowest BCUT2D eigenvalue weighted by molar-refractivity contribution is -0.138. The van der Waals surface area contributed by atoms with Gasteiger partial charge < -0.3 is 27.2 Å². The van der Waals surface area contributed by atoms with Crippen molar-refractivity contribution in [2.45, 2.75) is 64.5 Å². The van der Waals surface area contributed by atoms with Gasteiger partial charge in [-0.1, -0.05) is 20.3 Å². The summed E-state index contributed by atoms with van der Waals surface area (Å²) < 4.78 is 0. The monoisotopic (exact) mass is 330 g/mol. The van der Waals surface area contributed by atoms with Crippen molar-refractivity contribution in [2.24, 2.45) is 17.4 Å². The number of aliphatic carboxylic acids is 1. The molecule has 0 aliphatic rings. The van der Waals surface area contributed by atoms with Gasteiger partial charge in [-0.15, -0.1) is 0 Å². The topological polar surface area (TPSA) is 130 Å². The van der Waals surface area contributed by atoms with Gasteiger partial charge in [0.25, 0.3) is 0 Å². The lowest BCUT2D eigenvalue weighted by Crippen LogP contribution is -2.41. The Labute approximate surface area is 139 Å². The van der Waals surface area contributed by atoms with Gasteiger partial charge in [-0.3, -0.25) is 9.59 Å². The molecule has 0 aliphatic heterocycles. The van der Waals surface area contributed by atoms with E-state index in [1.807, 2.05) is 0 Å². The molecule has 0 saturated heterocycles. The fraction of sp³-hybridized carbons (Fsp3) is 0.875. The minimum atomic E-state index is -0.987. The number of unbranched alkanes of at least 4 members (excludes halogenated alkanes) is 2. The molecule has 7 heteroatoms. The number of carboxylic acids is 1. The number of nitrogens with one attached hydrogen (secondary N) is 2. The van der Waals surface area contributed by atoms with Crippen LogP contribution in [0.15, 0.2) is 0 Å². The van der Waals surface area contributed by atoms with Crippen LogP contribution in [0.2, 0.25) is 0 Å². The van der Waals surface area contributed by atoms with Gasteiger partial charge in [0.15, 0.2) is 0 Å². The fourth-order valence-corrected chi connectivity index (χ4v) is 2.09. The van der Waals surface area contributed by atoms with Gasteiger partial charge in [0.1, 0.15) is 6.04 Å². The van der Waals surface area contributed by atoms with Gasteiger partial charge in [-0.05, 0) is 51.1 Å². The van der Waals surface area contributed by atoms with Crippen LogP contribution in [0.1, 0.15) is 52.4 Å². The van der Waals surface area contributed by atoms with Gasteiger partial charge in [-0.25, -0.2) is 0 Å². The van der Waals surface area contributed by atoms with Crippen molar-refractivity contribution < 1.29 is 14.7 Å². The minimum Gasteiger partial charge on any atom is -0.480 e. The van der Waals surface area contributed by atoms with Crippen LogP contribution < -0.4 is 22.1 Å². The molecule has 0 unspecified atom stereocenters. The highest BCUT2D eigenvalue weighted by atomic mass is 16.4. The van der Waals surface area contributed by atoms with Crippen molar-refractivity contribution >= 4 is 11.9 Å². The third-order valence-corrected chi connectivity index (χ3v) is 3.57. The van der Waals surface area contributed by atoms with Crippen molar-refractivity contribution in [3.05, 3.63) is 0 Å². The molecule has 0 fully saturated rings. The van der Waals surface area contributed by atoms with Crippen molar-refractivity contribution in [2.75, 3.05) is 19.6 Å². The van der Waals surface area contributed by atoms with E-state index in [4.69, 9.17) is 16.6 Å². The van der Waals surface area contributed by atoms with E-state index in [-0.39, 0.29) is 5.91 Å². The molecule has 23 heavy (non-hydrogen) atoms. The molecular formula is C16H34N4O3. The summed E-state index contributed by atoms with van der Waals surface area (Å²) in [7, 11) is 0. The zero-order valence-corrected chi connectivity index (χ0v) is 14.5. The molecule has 0 aromatic carbocycles. The Morgan fingerprint density at radius 2 is 1.52 bits per heavy atom. The van der Waals surface area contributed by atoms with E-state index in [0.717, 1.165) is 25.9 Å². The molecule has 0 aromatic rings. The second kappa shape index (κ2) is 13.3. The van der Waals surface area contributed by atoms with E-state index in [9.17, 15) is 9.59 Å². The summed E-state index contributed by atoms with van der Waals surface area (Å²) in [4.78, 5) is 22.3. The average Bonchev–Trinajstić information content (AvgIpc) is 2.49. The van der Waals surface area contributed by atoms with E-state index in [1.165, 1.54) is 0 Å². The molecule has 1 amide bonds. The maximum absolute atomic E-state index is 11.8. The van der Waals surface area contributed by atoms with E-state index in [1.54, 1.807) is 0 Å². The summed E-state index contributed by atoms with van der Waals surface area (Å²) in [6.45, 7) is 6.81. The number of carbonyl (C=O) groups excluding carboxylic acids is 1. The number of carboxylic acid groups (broad SMARTS) is 1. The molecule has 0 aromatic heterocycles. The van der Waals surface area contributed by atoms with Crippen LogP contribution in [0, 0.1) is 5.92 Å². The van der Waals surface area contributed by atoms with Crippen LogP contribution in [0.25, 0.3) is 0 Å². The smallest absolute Gasteiger partial charge is 0.320 e. The van der Waals surface area contributed by atoms with Gasteiger partial charge in [0.05, 0.1) is 6.04 Å². The lowest BCUT2D eigenvalue weighted by atomic mass is 10.1. The zero-order chi connectivity index (χ0) is 17.7. The van der Waals surface area contributed by atoms with Crippen LogP contribution in [-0.4, -0.2) is 48.7 Å². The normalized spacial score (nSPS) is 13.8. The Bertz CT molecular complexity index is 337. The maximum atomic E-state index is 11.8. The average molecular weight is 330 g/mol. The number of carbonyl (C=O) groups is 2. The summed E-state index contributed by atoms with van der Waals surface area (Å²) in [5.74, 6) is -0.477. The molecule has 0 heterocycles. The van der Waals surface area contributed by atoms with Crippen LogP contribution in [-0.2, 0) is 9.59 Å². The van der Waals surface area contributed by atoms with Crippen LogP contribution in [0.5, 0.6) is 0 Å². The molecule has 136 valence electrons. The molecule has 7 nitrogen and oxygen atoms in total. The van der Waals surface area contributed by atoms with Gasteiger partial charge in [0, 0.05) is 6.54 Å². The summed E-state index contributed by atoms with van der Waals surface area (Å²) in [5.41, 5.74) is 11.3. The minimum absolute atomic E-state index is 0.136. The maximum Gasteiger partial charge on any atom is 0.320 e. The molecule has 7 N–H and O–H groups in total. The molecule has 0 aliphatic carbocycles. The molecule has 0 saturated carbocycles. The predicted octanol–water partition coefficient (Wildman–Crippen LogP) is 0.428. The van der Waals surface area contributed by atoms with Crippen LogP contribution in [0.3, 0.4) is 0 Å². The third-order valence-electron chi connectivity index (χ3n) is 3.57. The van der Waals surface area contributed by atoms with Gasteiger partial charge >= 0.3 is 5.97 Å². The first-order valence-electron chi connectivity index (χ1n) is 8.57. The first-order valence-corrected chi connectivity index (χ1v) is 8.57. The molecule has 0 rings (SSSR count). The van der Waals surface area contributed by atoms with E-state index in [2.05, 4.69) is 24.5 Å². The molecule has 2 atom stereocenters. The highest BCUT2D eigenvalue weighted by Crippen LogP contribution is 2.01. The van der Waals surface area contributed by atoms with Gasteiger partial charge in [0.2, 0.25) is 5.91 Å². The second-order valence-corrected chi connectivity index (χ2v) is 6.43. The van der Waals surface area contributed by atoms with Gasteiger partial charge in [-0.2, -0.15) is 0 Å². The Morgan fingerprint density at radius 3 is 2.09 bits per heavy atom. The number of rotatable bonds is 14. The molecule has 0 bridgehead atoms. The number of amides is 1. The Balaban J connectivity index is 3.53. The summed E-state index contributed by atoms with van der Waals surface area (Å²) in [6, 6.07) is -1.29. The van der Waals surface area contributed by atoms with E-state index in [0.29, 0.717) is 38.1 Å². The largest absolute Gasteiger partial charge is 0.480 e. The summed E-state index contributed by atoms with van der Waals surface area (Å²) in [5, 5.41) is 14.8. The SMILES string of the molecule is CC(C)CNCCCC[C@H](N)C(=O)NCCCC[C@H](N)C(=O)O. The predicted molar refractivity (Wildman–Crippen MR) is 92.0 cm³/mol.